The molecule has 1 fully saturated rings. The van der Waals surface area contributed by atoms with E-state index in [0.717, 1.165) is 42.7 Å². The third kappa shape index (κ3) is 2.57. The molecule has 104 valence electrons. The van der Waals surface area contributed by atoms with Crippen LogP contribution in [0.2, 0.25) is 0 Å². The van der Waals surface area contributed by atoms with E-state index in [1.807, 2.05) is 24.3 Å². The second-order valence-corrected chi connectivity index (χ2v) is 5.34. The molecule has 5 nitrogen and oxygen atoms in total. The Balaban J connectivity index is 1.88. The van der Waals surface area contributed by atoms with Crippen LogP contribution in [0.1, 0.15) is 19.3 Å². The summed E-state index contributed by atoms with van der Waals surface area (Å²) in [5.74, 6) is 1.07. The molecule has 2 aromatic rings. The van der Waals surface area contributed by atoms with E-state index in [0.29, 0.717) is 12.3 Å². The Hall–Kier alpha value is -2.17. The third-order valence-corrected chi connectivity index (χ3v) is 3.83. The van der Waals surface area contributed by atoms with Gasteiger partial charge in [-0.3, -0.25) is 4.79 Å². The number of anilines is 1. The van der Waals surface area contributed by atoms with Crippen molar-refractivity contribution < 1.29 is 4.79 Å². The van der Waals surface area contributed by atoms with Gasteiger partial charge in [-0.15, -0.1) is 0 Å². The Labute approximate surface area is 117 Å². The highest BCUT2D eigenvalue weighted by Crippen LogP contribution is 2.28. The fraction of sp³-hybridized carbons (Fsp3) is 0.400. The van der Waals surface area contributed by atoms with Crippen LogP contribution in [0.25, 0.3) is 10.9 Å². The molecule has 3 rings (SSSR count). The highest BCUT2D eigenvalue weighted by atomic mass is 16.1. The van der Waals surface area contributed by atoms with E-state index < -0.39 is 0 Å². The van der Waals surface area contributed by atoms with Crippen LogP contribution in [0.15, 0.2) is 30.6 Å². The van der Waals surface area contributed by atoms with Gasteiger partial charge in [0.05, 0.1) is 5.52 Å². The Morgan fingerprint density at radius 2 is 2.20 bits per heavy atom. The molecule has 2 heterocycles. The van der Waals surface area contributed by atoms with Gasteiger partial charge in [0.2, 0.25) is 5.91 Å². The Morgan fingerprint density at radius 1 is 1.35 bits per heavy atom. The first-order valence-electron chi connectivity index (χ1n) is 6.97. The van der Waals surface area contributed by atoms with Crippen molar-refractivity contribution in [1.82, 2.24) is 9.97 Å². The maximum atomic E-state index is 11.1. The van der Waals surface area contributed by atoms with Crippen molar-refractivity contribution >= 4 is 22.6 Å². The van der Waals surface area contributed by atoms with Gasteiger partial charge >= 0.3 is 0 Å². The number of amides is 1. The van der Waals surface area contributed by atoms with E-state index in [4.69, 9.17) is 5.73 Å². The number of nitrogens with two attached hydrogens (primary N) is 1. The van der Waals surface area contributed by atoms with Crippen LogP contribution in [0, 0.1) is 5.92 Å². The molecule has 0 bridgehead atoms. The number of aromatic nitrogens is 2. The number of piperidine rings is 1. The van der Waals surface area contributed by atoms with Crippen molar-refractivity contribution in [3.8, 4) is 0 Å². The van der Waals surface area contributed by atoms with Gasteiger partial charge in [-0.2, -0.15) is 0 Å². The summed E-state index contributed by atoms with van der Waals surface area (Å²) in [7, 11) is 0. The maximum absolute atomic E-state index is 11.1. The molecule has 1 aliphatic heterocycles. The molecular weight excluding hydrogens is 252 g/mol. The van der Waals surface area contributed by atoms with Crippen LogP contribution in [-0.2, 0) is 4.79 Å². The van der Waals surface area contributed by atoms with Gasteiger partial charge in [0.25, 0.3) is 0 Å². The van der Waals surface area contributed by atoms with Crippen molar-refractivity contribution in [2.24, 2.45) is 11.7 Å². The van der Waals surface area contributed by atoms with Gasteiger partial charge in [0.1, 0.15) is 12.1 Å². The minimum absolute atomic E-state index is 0.218. The van der Waals surface area contributed by atoms with Gasteiger partial charge in [0, 0.05) is 24.9 Å². The summed E-state index contributed by atoms with van der Waals surface area (Å²) in [6.07, 6.45) is 4.19. The van der Waals surface area contributed by atoms with Gasteiger partial charge in [-0.05, 0) is 30.9 Å². The van der Waals surface area contributed by atoms with E-state index >= 15 is 0 Å². The minimum Gasteiger partial charge on any atom is -0.370 e. The molecule has 1 atom stereocenters. The zero-order valence-corrected chi connectivity index (χ0v) is 11.3. The van der Waals surface area contributed by atoms with E-state index in [-0.39, 0.29) is 5.91 Å². The zero-order chi connectivity index (χ0) is 13.9. The molecule has 1 aliphatic rings. The minimum atomic E-state index is -0.218. The molecule has 0 aliphatic carbocycles. The predicted octanol–water partition coefficient (Wildman–Crippen LogP) is 1.72. The summed E-state index contributed by atoms with van der Waals surface area (Å²) >= 11 is 0. The fourth-order valence-corrected chi connectivity index (χ4v) is 2.95. The number of carbonyl (C=O) groups excluding carboxylic acids is 1. The average molecular weight is 270 g/mol. The summed E-state index contributed by atoms with van der Waals surface area (Å²) in [6.45, 7) is 1.81. The second kappa shape index (κ2) is 5.45. The van der Waals surface area contributed by atoms with E-state index in [9.17, 15) is 4.79 Å². The fourth-order valence-electron chi connectivity index (χ4n) is 2.95. The first kappa shape index (κ1) is 12.8. The molecule has 1 aromatic carbocycles. The van der Waals surface area contributed by atoms with Crippen LogP contribution >= 0.6 is 0 Å². The van der Waals surface area contributed by atoms with Crippen LogP contribution in [-0.4, -0.2) is 29.0 Å². The zero-order valence-electron chi connectivity index (χ0n) is 11.3. The lowest BCUT2D eigenvalue weighted by molar-refractivity contribution is -0.118. The molecule has 5 heteroatoms. The van der Waals surface area contributed by atoms with Gasteiger partial charge in [-0.1, -0.05) is 12.1 Å². The summed E-state index contributed by atoms with van der Waals surface area (Å²) in [5.41, 5.74) is 6.27. The van der Waals surface area contributed by atoms with Crippen molar-refractivity contribution in [1.29, 1.82) is 0 Å². The van der Waals surface area contributed by atoms with Crippen molar-refractivity contribution in [2.75, 3.05) is 18.0 Å². The largest absolute Gasteiger partial charge is 0.370 e. The average Bonchev–Trinajstić information content (AvgIpc) is 2.46. The van der Waals surface area contributed by atoms with Crippen LogP contribution in [0.3, 0.4) is 0 Å². The lowest BCUT2D eigenvalue weighted by Gasteiger charge is -2.33. The Kier molecular flexibility index (Phi) is 3.50. The van der Waals surface area contributed by atoms with Crippen molar-refractivity contribution in [2.45, 2.75) is 19.3 Å². The molecule has 1 aromatic heterocycles. The Bertz CT molecular complexity index is 623. The molecule has 0 spiro atoms. The lowest BCUT2D eigenvalue weighted by Crippen LogP contribution is -2.37. The molecule has 1 saturated heterocycles. The standard InChI is InChI=1S/C15H18N4O/c16-14(20)8-11-4-3-7-19(9-11)15-12-5-1-2-6-13(12)17-10-18-15/h1-2,5-6,10-11H,3-4,7-9H2,(H2,16,20). The number of benzene rings is 1. The number of nitrogens with zero attached hydrogens (tertiary/aromatic N) is 3. The Morgan fingerprint density at radius 3 is 3.05 bits per heavy atom. The molecule has 0 saturated carbocycles. The summed E-state index contributed by atoms with van der Waals surface area (Å²) in [4.78, 5) is 22.1. The van der Waals surface area contributed by atoms with Crippen LogP contribution in [0.4, 0.5) is 5.82 Å². The SMILES string of the molecule is NC(=O)CC1CCCN(c2ncnc3ccccc23)C1. The third-order valence-electron chi connectivity index (χ3n) is 3.83. The molecule has 0 radical (unpaired) electrons. The summed E-state index contributed by atoms with van der Waals surface area (Å²) < 4.78 is 0. The maximum Gasteiger partial charge on any atom is 0.217 e. The molecule has 2 N–H and O–H groups in total. The summed E-state index contributed by atoms with van der Waals surface area (Å²) in [6, 6.07) is 8.01. The molecular formula is C15H18N4O. The number of primary amides is 1. The van der Waals surface area contributed by atoms with Crippen LogP contribution < -0.4 is 10.6 Å². The van der Waals surface area contributed by atoms with E-state index in [1.165, 1.54) is 0 Å². The van der Waals surface area contributed by atoms with Crippen molar-refractivity contribution in [3.63, 3.8) is 0 Å². The first-order chi connectivity index (χ1) is 9.74. The van der Waals surface area contributed by atoms with Crippen molar-refractivity contribution in [3.05, 3.63) is 30.6 Å². The lowest BCUT2D eigenvalue weighted by atomic mass is 9.94. The predicted molar refractivity (Wildman–Crippen MR) is 78.3 cm³/mol. The number of carbonyl (C=O) groups is 1. The summed E-state index contributed by atoms with van der Waals surface area (Å²) in [5, 5.41) is 1.06. The monoisotopic (exact) mass is 270 g/mol. The first-order valence-corrected chi connectivity index (χ1v) is 6.97. The smallest absolute Gasteiger partial charge is 0.217 e. The highest BCUT2D eigenvalue weighted by molar-refractivity contribution is 5.89. The van der Waals surface area contributed by atoms with E-state index in [1.54, 1.807) is 6.33 Å². The molecule has 1 amide bonds. The molecule has 20 heavy (non-hydrogen) atoms. The van der Waals surface area contributed by atoms with Gasteiger partial charge in [0.15, 0.2) is 0 Å². The highest BCUT2D eigenvalue weighted by Gasteiger charge is 2.23. The normalized spacial score (nSPS) is 19.2. The topological polar surface area (TPSA) is 72.1 Å². The van der Waals surface area contributed by atoms with Gasteiger partial charge in [-0.25, -0.2) is 9.97 Å². The van der Waals surface area contributed by atoms with E-state index in [2.05, 4.69) is 14.9 Å². The number of hydrogen-bond donors (Lipinski definition) is 1. The van der Waals surface area contributed by atoms with Gasteiger partial charge < -0.3 is 10.6 Å². The molecule has 1 unspecified atom stereocenters. The van der Waals surface area contributed by atoms with Crippen LogP contribution in [0.5, 0.6) is 0 Å². The number of para-hydroxylation sites is 1. The quantitative estimate of drug-likeness (QED) is 0.921. The number of fused-ring (bicyclic) bond motifs is 1. The second-order valence-electron chi connectivity index (χ2n) is 5.34. The number of hydrogen-bond acceptors (Lipinski definition) is 4. The number of rotatable bonds is 3.